The second kappa shape index (κ2) is 14.0. The standard InChI is InChI=1S/C12H24O17P2.2Ca.4H/c13-1-4-6(16)8(18)9(19)11(25-4)27-12(3-15)10(7(17)5(2-14)26-12)28-31(23,24)29-30(20,21)22;;;;;;/h4-11,13-19H,1-3H2,(H,23,24)(H2,20,21,22);;;;;;/q;2*+2;4*-1/t4-,5-,6-,7-,8+,9-,10+,11-,12+;;;;;;/m1....../s1. The van der Waals surface area contributed by atoms with Crippen LogP contribution >= 0.6 is 15.6 Å². The maximum absolute atomic E-state index is 11.9. The van der Waals surface area contributed by atoms with E-state index in [0.717, 1.165) is 0 Å². The van der Waals surface area contributed by atoms with Crippen LogP contribution in [0.1, 0.15) is 5.71 Å². The van der Waals surface area contributed by atoms with Gasteiger partial charge in [0.15, 0.2) is 12.4 Å². The van der Waals surface area contributed by atoms with Crippen LogP contribution in [0.15, 0.2) is 0 Å². The zero-order valence-electron chi connectivity index (χ0n) is 20.9. The first kappa shape index (κ1) is 35.4. The topological polar surface area (TPSA) is 283 Å². The van der Waals surface area contributed by atoms with Crippen LogP contribution in [0.2, 0.25) is 0 Å². The predicted molar refractivity (Wildman–Crippen MR) is 106 cm³/mol. The minimum absolute atomic E-state index is 0. The van der Waals surface area contributed by atoms with Crippen molar-refractivity contribution in [2.75, 3.05) is 19.8 Å². The van der Waals surface area contributed by atoms with Crippen LogP contribution in [-0.2, 0) is 32.2 Å². The first-order valence-corrected chi connectivity index (χ1v) is 11.6. The van der Waals surface area contributed by atoms with Crippen LogP contribution in [0.5, 0.6) is 0 Å². The molecule has 0 aromatic carbocycles. The van der Waals surface area contributed by atoms with Gasteiger partial charge in [-0.15, -0.1) is 0 Å². The van der Waals surface area contributed by atoms with Gasteiger partial charge in [-0.2, -0.15) is 4.31 Å². The summed E-state index contributed by atoms with van der Waals surface area (Å²) in [5.41, 5.74) is 0. The molecule has 2 rings (SSSR count). The molecule has 0 aromatic heterocycles. The van der Waals surface area contributed by atoms with Gasteiger partial charge in [0, 0.05) is 0 Å². The first-order chi connectivity index (χ1) is 14.2. The van der Waals surface area contributed by atoms with Crippen molar-refractivity contribution >= 4 is 91.1 Å². The molecule has 0 amide bonds. The van der Waals surface area contributed by atoms with E-state index in [1.807, 2.05) is 0 Å². The number of hydrogen-bond acceptors (Lipinski definition) is 14. The van der Waals surface area contributed by atoms with Gasteiger partial charge < -0.3 is 70.3 Å². The molecule has 0 aliphatic carbocycles. The summed E-state index contributed by atoms with van der Waals surface area (Å²) < 4.78 is 46.4. The van der Waals surface area contributed by atoms with Crippen molar-refractivity contribution in [1.29, 1.82) is 0 Å². The molecule has 10 atom stereocenters. The molecule has 0 spiro atoms. The molecule has 0 radical (unpaired) electrons. The van der Waals surface area contributed by atoms with Crippen LogP contribution in [0.4, 0.5) is 0 Å². The zero-order chi connectivity index (χ0) is 23.8. The Kier molecular flexibility index (Phi) is 15.0. The molecule has 0 saturated carbocycles. The molecule has 192 valence electrons. The summed E-state index contributed by atoms with van der Waals surface area (Å²) in [5, 5.41) is 68.4. The van der Waals surface area contributed by atoms with E-state index >= 15 is 0 Å². The van der Waals surface area contributed by atoms with Gasteiger partial charge in [-0.25, -0.2) is 9.13 Å². The number of ether oxygens (including phenoxy) is 3. The fraction of sp³-hybridized carbons (Fsp3) is 1.00. The molecular weight excluding hydrogens is 558 g/mol. The van der Waals surface area contributed by atoms with Crippen LogP contribution in [-0.4, -0.2) is 201 Å². The fourth-order valence-corrected chi connectivity index (χ4v) is 4.86. The van der Waals surface area contributed by atoms with E-state index in [0.29, 0.717) is 0 Å². The molecule has 2 heterocycles. The third-order valence-corrected chi connectivity index (χ3v) is 6.67. The predicted octanol–water partition coefficient (Wildman–Crippen LogP) is -5.47. The van der Waals surface area contributed by atoms with Crippen molar-refractivity contribution in [3.63, 3.8) is 0 Å². The summed E-state index contributed by atoms with van der Waals surface area (Å²) in [6.45, 7) is -3.15. The van der Waals surface area contributed by atoms with E-state index in [2.05, 4.69) is 8.83 Å². The van der Waals surface area contributed by atoms with E-state index in [-0.39, 0.29) is 81.2 Å². The summed E-state index contributed by atoms with van der Waals surface area (Å²) in [4.78, 5) is 27.0. The summed E-state index contributed by atoms with van der Waals surface area (Å²) in [5.74, 6) is -2.73. The van der Waals surface area contributed by atoms with Crippen LogP contribution in [0.3, 0.4) is 0 Å². The minimum Gasteiger partial charge on any atom is -1.00 e. The van der Waals surface area contributed by atoms with Gasteiger partial charge in [0.1, 0.15) is 43.2 Å². The van der Waals surface area contributed by atoms with Crippen molar-refractivity contribution in [3.8, 4) is 0 Å². The van der Waals surface area contributed by atoms with Crippen molar-refractivity contribution in [2.24, 2.45) is 0 Å². The van der Waals surface area contributed by atoms with Gasteiger partial charge >= 0.3 is 91.1 Å². The van der Waals surface area contributed by atoms with Crippen molar-refractivity contribution in [1.82, 2.24) is 0 Å². The average Bonchev–Trinajstić information content (AvgIpc) is 2.92. The monoisotopic (exact) mass is 586 g/mol. The van der Waals surface area contributed by atoms with Gasteiger partial charge in [-0.05, 0) is 0 Å². The maximum atomic E-state index is 11.9. The maximum Gasteiger partial charge on any atom is 2.00 e. The van der Waals surface area contributed by atoms with Crippen molar-refractivity contribution in [2.45, 2.75) is 54.8 Å². The third-order valence-electron chi connectivity index (χ3n) is 4.50. The molecule has 21 heteroatoms. The molecule has 1 unspecified atom stereocenters. The number of hydrogen-bond donors (Lipinski definition) is 10. The fourth-order valence-electron chi connectivity index (χ4n) is 3.05. The second-order valence-corrected chi connectivity index (χ2v) is 9.46. The van der Waals surface area contributed by atoms with Gasteiger partial charge in [0.05, 0.1) is 13.2 Å². The number of aliphatic hydroxyl groups is 7. The summed E-state index contributed by atoms with van der Waals surface area (Å²) >= 11 is 0. The van der Waals surface area contributed by atoms with Gasteiger partial charge in [0.25, 0.3) is 0 Å². The Morgan fingerprint density at radius 3 is 1.85 bits per heavy atom. The Morgan fingerprint density at radius 2 is 1.39 bits per heavy atom. The Balaban J connectivity index is -0.000000569. The van der Waals surface area contributed by atoms with Crippen LogP contribution in [0.25, 0.3) is 0 Å². The number of phosphoric ester groups is 1. The summed E-state index contributed by atoms with van der Waals surface area (Å²) in [6.07, 6.45) is -15.2. The third kappa shape index (κ3) is 8.70. The molecule has 10 N–H and O–H groups in total. The Bertz CT molecular complexity index is 728. The van der Waals surface area contributed by atoms with Crippen molar-refractivity contribution < 1.29 is 88.3 Å². The Labute approximate surface area is 252 Å². The normalized spacial score (nSPS) is 41.0. The second-order valence-electron chi connectivity index (χ2n) is 6.68. The minimum atomic E-state index is -5.65. The molecule has 2 fully saturated rings. The molecule has 0 aromatic rings. The largest absolute Gasteiger partial charge is 2.00 e. The van der Waals surface area contributed by atoms with Crippen LogP contribution < -0.4 is 0 Å². The van der Waals surface area contributed by atoms with Gasteiger partial charge in [0.2, 0.25) is 5.79 Å². The van der Waals surface area contributed by atoms with E-state index in [9.17, 15) is 49.8 Å². The SMILES string of the molecule is O=P(O)(O)OP(=O)(O)O[C@H]1[C@H](O)[C@@H](CO)O[C@@]1(CO)O[C@H]1O[C@H](CO)[C@@H](O)[C@H](O)[C@H]1O.[Ca+2].[Ca+2].[H-].[H-].[H-].[H-]. The van der Waals surface area contributed by atoms with E-state index < -0.39 is 90.3 Å². The van der Waals surface area contributed by atoms with E-state index in [1.165, 1.54) is 0 Å². The smallest absolute Gasteiger partial charge is 1.00 e. The zero-order valence-corrected chi connectivity index (χ0v) is 23.1. The molecule has 0 bridgehead atoms. The Hall–Kier alpha value is 2.38. The molecule has 2 aliphatic heterocycles. The number of phosphoric acid groups is 2. The summed E-state index contributed by atoms with van der Waals surface area (Å²) in [7, 11) is -11.2. The van der Waals surface area contributed by atoms with Gasteiger partial charge in [-0.3, -0.25) is 4.52 Å². The van der Waals surface area contributed by atoms with E-state index in [4.69, 9.17) is 24.0 Å². The molecular formula is C12H28Ca2O17P2. The Morgan fingerprint density at radius 1 is 0.848 bits per heavy atom. The molecule has 33 heavy (non-hydrogen) atoms. The van der Waals surface area contributed by atoms with Gasteiger partial charge in [-0.1, -0.05) is 0 Å². The molecule has 2 saturated heterocycles. The summed E-state index contributed by atoms with van der Waals surface area (Å²) in [6, 6.07) is 0. The molecule has 2 aliphatic rings. The number of rotatable bonds is 9. The quantitative estimate of drug-likeness (QED) is 0.0890. The average molecular weight is 586 g/mol. The molecule has 17 nitrogen and oxygen atoms in total. The first-order valence-electron chi connectivity index (χ1n) is 8.54. The van der Waals surface area contributed by atoms with E-state index in [1.54, 1.807) is 0 Å². The van der Waals surface area contributed by atoms with Crippen LogP contribution in [0, 0.1) is 0 Å². The number of aliphatic hydroxyl groups excluding tert-OH is 7. The van der Waals surface area contributed by atoms with Crippen molar-refractivity contribution in [3.05, 3.63) is 0 Å².